The lowest BCUT2D eigenvalue weighted by molar-refractivity contribution is -0.140. The second-order valence-electron chi connectivity index (χ2n) is 6.65. The van der Waals surface area contributed by atoms with Gasteiger partial charge in [-0.05, 0) is 30.7 Å². The SMILES string of the molecule is NC1=NC2=NC(CNc3ccc(C(=O)NC(CCC(=O)O)C(=O)O)cc3)=NC2C(N)=N1. The first kappa shape index (κ1) is 21.4. The number of amides is 1. The Morgan fingerprint density at radius 2 is 1.77 bits per heavy atom. The number of benzene rings is 1. The summed E-state index contributed by atoms with van der Waals surface area (Å²) in [6.45, 7) is 0.268. The van der Waals surface area contributed by atoms with Gasteiger partial charge in [-0.15, -0.1) is 0 Å². The second-order valence-corrected chi connectivity index (χ2v) is 6.65. The van der Waals surface area contributed by atoms with E-state index in [9.17, 15) is 14.4 Å². The monoisotopic (exact) mass is 428 g/mol. The van der Waals surface area contributed by atoms with Crippen LogP contribution in [0.2, 0.25) is 0 Å². The number of aliphatic imine (C=N–C) groups is 4. The normalized spacial score (nSPS) is 18.0. The Labute approximate surface area is 175 Å². The highest BCUT2D eigenvalue weighted by molar-refractivity contribution is 6.24. The van der Waals surface area contributed by atoms with Gasteiger partial charge in [-0.1, -0.05) is 0 Å². The van der Waals surface area contributed by atoms with Crippen LogP contribution in [0.3, 0.4) is 0 Å². The molecule has 1 amide bonds. The number of carboxylic acid groups (broad SMARTS) is 2. The van der Waals surface area contributed by atoms with Gasteiger partial charge in [0.2, 0.25) is 5.96 Å². The minimum atomic E-state index is -1.30. The van der Waals surface area contributed by atoms with Crippen molar-refractivity contribution in [1.29, 1.82) is 0 Å². The minimum Gasteiger partial charge on any atom is -0.481 e. The third kappa shape index (κ3) is 5.41. The average molecular weight is 428 g/mol. The Morgan fingerprint density at radius 3 is 2.42 bits per heavy atom. The van der Waals surface area contributed by atoms with Crippen LogP contribution in [0.15, 0.2) is 44.2 Å². The summed E-state index contributed by atoms with van der Waals surface area (Å²) in [6.07, 6.45) is -0.586. The molecule has 13 nitrogen and oxygen atoms in total. The zero-order chi connectivity index (χ0) is 22.5. The van der Waals surface area contributed by atoms with Crippen molar-refractivity contribution < 1.29 is 24.6 Å². The summed E-state index contributed by atoms with van der Waals surface area (Å²) in [5.74, 6) is -1.98. The molecular formula is C18H20N8O5. The van der Waals surface area contributed by atoms with Gasteiger partial charge in [-0.2, -0.15) is 9.98 Å². The quantitative estimate of drug-likeness (QED) is 0.286. The number of nitrogens with one attached hydrogen (secondary N) is 2. The lowest BCUT2D eigenvalue weighted by Crippen LogP contribution is -2.41. The van der Waals surface area contributed by atoms with Crippen molar-refractivity contribution in [2.45, 2.75) is 24.9 Å². The highest BCUT2D eigenvalue weighted by atomic mass is 16.4. The fourth-order valence-electron chi connectivity index (χ4n) is 2.82. The summed E-state index contributed by atoms with van der Waals surface area (Å²) in [4.78, 5) is 50.6. The van der Waals surface area contributed by atoms with Crippen LogP contribution in [0, 0.1) is 0 Å². The van der Waals surface area contributed by atoms with E-state index in [1.807, 2.05) is 0 Å². The Balaban J connectivity index is 1.56. The molecule has 8 N–H and O–H groups in total. The highest BCUT2D eigenvalue weighted by Gasteiger charge is 2.29. The Morgan fingerprint density at radius 1 is 1.06 bits per heavy atom. The topological polar surface area (TPSA) is 217 Å². The second kappa shape index (κ2) is 9.02. The summed E-state index contributed by atoms with van der Waals surface area (Å²) >= 11 is 0. The number of hydrogen-bond acceptors (Lipinski definition) is 10. The van der Waals surface area contributed by atoms with Crippen molar-refractivity contribution in [3.05, 3.63) is 29.8 Å². The van der Waals surface area contributed by atoms with Crippen molar-refractivity contribution >= 4 is 47.0 Å². The summed E-state index contributed by atoms with van der Waals surface area (Å²) in [7, 11) is 0. The minimum absolute atomic E-state index is 0.0267. The number of rotatable bonds is 9. The molecule has 31 heavy (non-hydrogen) atoms. The Bertz CT molecular complexity index is 1030. The van der Waals surface area contributed by atoms with E-state index >= 15 is 0 Å². The van der Waals surface area contributed by atoms with Gasteiger partial charge in [0, 0.05) is 17.7 Å². The van der Waals surface area contributed by atoms with Crippen LogP contribution in [0.25, 0.3) is 0 Å². The van der Waals surface area contributed by atoms with E-state index in [4.69, 9.17) is 21.7 Å². The maximum atomic E-state index is 12.3. The third-order valence-electron chi connectivity index (χ3n) is 4.37. The molecule has 0 spiro atoms. The largest absolute Gasteiger partial charge is 0.481 e. The van der Waals surface area contributed by atoms with Crippen LogP contribution in [-0.2, 0) is 9.59 Å². The predicted molar refractivity (Wildman–Crippen MR) is 113 cm³/mol. The summed E-state index contributed by atoms with van der Waals surface area (Å²) in [5, 5.41) is 23.2. The standard InChI is InChI=1S/C18H20N8O5/c19-14-13-15(26-18(20)25-14)24-11(23-13)7-21-9-3-1-8(2-4-9)16(29)22-10(17(30)31)5-6-12(27)28/h1-4,10,13,21H,5-7H2,(H,22,29)(H,27,28)(H,30,31)(H4,19,20,23,24,25,26). The van der Waals surface area contributed by atoms with E-state index < -0.39 is 29.9 Å². The fraction of sp³-hybridized carbons (Fsp3) is 0.278. The molecule has 1 aromatic rings. The molecule has 0 aromatic heterocycles. The van der Waals surface area contributed by atoms with E-state index in [1.54, 1.807) is 12.1 Å². The zero-order valence-corrected chi connectivity index (χ0v) is 16.1. The average Bonchev–Trinajstić information content (AvgIpc) is 3.12. The molecule has 0 saturated heterocycles. The fourth-order valence-corrected chi connectivity index (χ4v) is 2.82. The molecule has 0 saturated carbocycles. The third-order valence-corrected chi connectivity index (χ3v) is 4.37. The van der Waals surface area contributed by atoms with Gasteiger partial charge in [-0.3, -0.25) is 9.59 Å². The Kier molecular flexibility index (Phi) is 6.23. The van der Waals surface area contributed by atoms with Crippen molar-refractivity contribution in [2.75, 3.05) is 11.9 Å². The number of carbonyl (C=O) groups is 3. The predicted octanol–water partition coefficient (Wildman–Crippen LogP) is -0.989. The summed E-state index contributed by atoms with van der Waals surface area (Å²) in [6, 6.07) is 4.43. The van der Waals surface area contributed by atoms with Crippen LogP contribution < -0.4 is 22.1 Å². The number of hydrogen-bond donors (Lipinski definition) is 6. The number of nitrogens with zero attached hydrogens (tertiary/aromatic N) is 4. The lowest BCUT2D eigenvalue weighted by atomic mass is 10.1. The van der Waals surface area contributed by atoms with Gasteiger partial charge in [0.15, 0.2) is 11.9 Å². The van der Waals surface area contributed by atoms with Crippen LogP contribution >= 0.6 is 0 Å². The molecule has 13 heteroatoms. The molecule has 2 heterocycles. The molecule has 2 aliphatic heterocycles. The van der Waals surface area contributed by atoms with Gasteiger partial charge in [0.1, 0.15) is 17.7 Å². The number of aliphatic carboxylic acids is 2. The molecular weight excluding hydrogens is 408 g/mol. The van der Waals surface area contributed by atoms with Crippen molar-refractivity contribution in [2.24, 2.45) is 31.4 Å². The number of nitrogens with two attached hydrogens (primary N) is 2. The first-order valence-electron chi connectivity index (χ1n) is 9.16. The van der Waals surface area contributed by atoms with Crippen LogP contribution in [0.4, 0.5) is 5.69 Å². The number of carboxylic acids is 2. The highest BCUT2D eigenvalue weighted by Crippen LogP contribution is 2.14. The van der Waals surface area contributed by atoms with Gasteiger partial charge >= 0.3 is 11.9 Å². The number of anilines is 1. The molecule has 2 aliphatic rings. The van der Waals surface area contributed by atoms with E-state index in [2.05, 4.69) is 30.6 Å². The summed E-state index contributed by atoms with van der Waals surface area (Å²) in [5.41, 5.74) is 12.2. The number of amidine groups is 3. The van der Waals surface area contributed by atoms with Crippen molar-refractivity contribution in [3.63, 3.8) is 0 Å². The van der Waals surface area contributed by atoms with Crippen LogP contribution in [0.5, 0.6) is 0 Å². The number of carbonyl (C=O) groups excluding carboxylic acids is 1. The molecule has 3 rings (SSSR count). The van der Waals surface area contributed by atoms with E-state index in [0.29, 0.717) is 17.4 Å². The molecule has 0 fully saturated rings. The first-order valence-corrected chi connectivity index (χ1v) is 9.16. The first-order chi connectivity index (χ1) is 14.7. The number of fused-ring (bicyclic) bond motifs is 1. The molecule has 0 aliphatic carbocycles. The molecule has 0 radical (unpaired) electrons. The maximum Gasteiger partial charge on any atom is 0.326 e. The number of guanidine groups is 1. The maximum absolute atomic E-state index is 12.3. The smallest absolute Gasteiger partial charge is 0.326 e. The molecule has 1 aromatic carbocycles. The molecule has 0 bridgehead atoms. The zero-order valence-electron chi connectivity index (χ0n) is 16.1. The summed E-state index contributed by atoms with van der Waals surface area (Å²) < 4.78 is 0. The molecule has 2 atom stereocenters. The van der Waals surface area contributed by atoms with Crippen molar-refractivity contribution in [1.82, 2.24) is 5.32 Å². The van der Waals surface area contributed by atoms with E-state index in [-0.39, 0.29) is 36.7 Å². The van der Waals surface area contributed by atoms with Gasteiger partial charge < -0.3 is 32.3 Å². The Hall–Kier alpha value is -4.29. The van der Waals surface area contributed by atoms with E-state index in [0.717, 1.165) is 0 Å². The van der Waals surface area contributed by atoms with Crippen molar-refractivity contribution in [3.8, 4) is 0 Å². The lowest BCUT2D eigenvalue weighted by Gasteiger charge is -2.14. The van der Waals surface area contributed by atoms with Crippen LogP contribution in [-0.4, -0.2) is 70.2 Å². The van der Waals surface area contributed by atoms with Crippen LogP contribution in [0.1, 0.15) is 23.2 Å². The molecule has 2 unspecified atom stereocenters. The van der Waals surface area contributed by atoms with Gasteiger partial charge in [0.05, 0.1) is 6.54 Å². The molecule has 162 valence electrons. The van der Waals surface area contributed by atoms with E-state index in [1.165, 1.54) is 12.1 Å². The van der Waals surface area contributed by atoms with Gasteiger partial charge in [0.25, 0.3) is 5.91 Å². The van der Waals surface area contributed by atoms with Gasteiger partial charge in [-0.25, -0.2) is 14.8 Å².